The van der Waals surface area contributed by atoms with Crippen molar-refractivity contribution in [2.24, 2.45) is 0 Å². The Labute approximate surface area is 174 Å². The summed E-state index contributed by atoms with van der Waals surface area (Å²) in [7, 11) is 0. The average molecular weight is 398 g/mol. The second-order valence-corrected chi connectivity index (χ2v) is 7.42. The highest BCUT2D eigenvalue weighted by molar-refractivity contribution is 6.05. The van der Waals surface area contributed by atoms with E-state index in [1.807, 2.05) is 53.2 Å². The van der Waals surface area contributed by atoms with Gasteiger partial charge in [0, 0.05) is 24.3 Å². The summed E-state index contributed by atoms with van der Waals surface area (Å²) in [6, 6.07) is 19.9. The molecule has 1 unspecified atom stereocenters. The number of hydrogen-bond acceptors (Lipinski definition) is 4. The summed E-state index contributed by atoms with van der Waals surface area (Å²) in [6.07, 6.45) is 4.33. The topological polar surface area (TPSA) is 69.0 Å². The second-order valence-electron chi connectivity index (χ2n) is 7.42. The number of nitrogens with one attached hydrogen (secondary N) is 1. The van der Waals surface area contributed by atoms with Crippen molar-refractivity contribution < 1.29 is 9.53 Å². The third-order valence-corrected chi connectivity index (χ3v) is 5.39. The van der Waals surface area contributed by atoms with Gasteiger partial charge in [0.2, 0.25) is 0 Å². The number of carbonyl (C=O) groups is 1. The molecule has 1 aliphatic heterocycles. The maximum absolute atomic E-state index is 12.8. The van der Waals surface area contributed by atoms with E-state index in [-0.39, 0.29) is 12.0 Å². The molecule has 5 rings (SSSR count). The lowest BCUT2D eigenvalue weighted by molar-refractivity contribution is 0.0383. The van der Waals surface area contributed by atoms with Crippen molar-refractivity contribution in [2.75, 3.05) is 13.2 Å². The molecule has 1 N–H and O–H groups in total. The standard InChI is InChI=1S/C24H22N4O2/c29-24(23-20-9-5-4-8-18(20)10-12-25-23)26-14-21-22-19(11-13-30-21)16-28(27-22)15-17-6-2-1-3-7-17/h1-10,12,16,21H,11,13-15H2,(H,26,29). The molecular weight excluding hydrogens is 376 g/mol. The van der Waals surface area contributed by atoms with Crippen molar-refractivity contribution in [2.45, 2.75) is 19.1 Å². The number of benzene rings is 2. The Kier molecular flexibility index (Phi) is 4.99. The molecule has 0 radical (unpaired) electrons. The normalized spacial score (nSPS) is 15.7. The van der Waals surface area contributed by atoms with E-state index in [9.17, 15) is 4.79 Å². The first-order valence-electron chi connectivity index (χ1n) is 10.1. The number of hydrogen-bond donors (Lipinski definition) is 1. The first-order valence-corrected chi connectivity index (χ1v) is 10.1. The van der Waals surface area contributed by atoms with Crippen molar-refractivity contribution >= 4 is 16.7 Å². The minimum absolute atomic E-state index is 0.203. The quantitative estimate of drug-likeness (QED) is 0.558. The minimum Gasteiger partial charge on any atom is -0.370 e. The van der Waals surface area contributed by atoms with Gasteiger partial charge in [-0.15, -0.1) is 0 Å². The molecule has 0 saturated carbocycles. The maximum atomic E-state index is 12.8. The molecule has 0 saturated heterocycles. The monoisotopic (exact) mass is 398 g/mol. The summed E-state index contributed by atoms with van der Waals surface area (Å²) in [4.78, 5) is 17.1. The van der Waals surface area contributed by atoms with E-state index < -0.39 is 0 Å². The zero-order chi connectivity index (χ0) is 20.3. The fourth-order valence-electron chi connectivity index (χ4n) is 3.91. The maximum Gasteiger partial charge on any atom is 0.270 e. The third-order valence-electron chi connectivity index (χ3n) is 5.39. The molecular formula is C24H22N4O2. The van der Waals surface area contributed by atoms with Crippen molar-refractivity contribution in [1.29, 1.82) is 0 Å². The molecule has 2 aromatic heterocycles. The summed E-state index contributed by atoms with van der Waals surface area (Å²) in [6.45, 7) is 1.70. The zero-order valence-corrected chi connectivity index (χ0v) is 16.5. The molecule has 1 atom stereocenters. The van der Waals surface area contributed by atoms with Gasteiger partial charge in [0.1, 0.15) is 11.8 Å². The summed E-state index contributed by atoms with van der Waals surface area (Å²) in [5, 5.41) is 9.57. The first-order chi connectivity index (χ1) is 14.8. The van der Waals surface area contributed by atoms with Crippen LogP contribution in [-0.2, 0) is 17.7 Å². The molecule has 2 aromatic carbocycles. The lowest BCUT2D eigenvalue weighted by Gasteiger charge is -2.22. The van der Waals surface area contributed by atoms with E-state index >= 15 is 0 Å². The predicted octanol–water partition coefficient (Wildman–Crippen LogP) is 3.52. The van der Waals surface area contributed by atoms with E-state index in [2.05, 4.69) is 28.6 Å². The van der Waals surface area contributed by atoms with Crippen LogP contribution in [0, 0.1) is 0 Å². The van der Waals surface area contributed by atoms with Gasteiger partial charge in [0.15, 0.2) is 0 Å². The van der Waals surface area contributed by atoms with Crippen LogP contribution in [-0.4, -0.2) is 33.8 Å². The molecule has 0 fully saturated rings. The van der Waals surface area contributed by atoms with Crippen LogP contribution >= 0.6 is 0 Å². The number of amides is 1. The van der Waals surface area contributed by atoms with Crippen LogP contribution in [0.25, 0.3) is 10.8 Å². The molecule has 0 aliphatic carbocycles. The van der Waals surface area contributed by atoms with Crippen molar-refractivity contribution in [1.82, 2.24) is 20.1 Å². The lowest BCUT2D eigenvalue weighted by Crippen LogP contribution is -2.32. The number of nitrogens with zero attached hydrogens (tertiary/aromatic N) is 3. The fraction of sp³-hybridized carbons (Fsp3) is 0.208. The van der Waals surface area contributed by atoms with E-state index in [1.165, 1.54) is 11.1 Å². The molecule has 0 bridgehead atoms. The second kappa shape index (κ2) is 8.08. The van der Waals surface area contributed by atoms with Crippen LogP contribution in [0.15, 0.2) is 73.1 Å². The molecule has 6 heteroatoms. The smallest absolute Gasteiger partial charge is 0.270 e. The molecule has 1 amide bonds. The summed E-state index contributed by atoms with van der Waals surface area (Å²) < 4.78 is 7.88. The van der Waals surface area contributed by atoms with Gasteiger partial charge in [-0.3, -0.25) is 14.5 Å². The number of rotatable bonds is 5. The van der Waals surface area contributed by atoms with Crippen LogP contribution in [0.4, 0.5) is 0 Å². The van der Waals surface area contributed by atoms with Crippen molar-refractivity contribution in [3.8, 4) is 0 Å². The van der Waals surface area contributed by atoms with Gasteiger partial charge in [0.25, 0.3) is 5.91 Å². The predicted molar refractivity (Wildman–Crippen MR) is 114 cm³/mol. The molecule has 6 nitrogen and oxygen atoms in total. The first kappa shape index (κ1) is 18.5. The number of carbonyl (C=O) groups excluding carboxylic acids is 1. The highest BCUT2D eigenvalue weighted by Gasteiger charge is 2.25. The Morgan fingerprint density at radius 3 is 2.83 bits per heavy atom. The van der Waals surface area contributed by atoms with E-state index in [4.69, 9.17) is 9.84 Å². The molecule has 3 heterocycles. The minimum atomic E-state index is -0.260. The Morgan fingerprint density at radius 2 is 1.93 bits per heavy atom. The van der Waals surface area contributed by atoms with E-state index in [1.54, 1.807) is 6.20 Å². The van der Waals surface area contributed by atoms with Gasteiger partial charge >= 0.3 is 0 Å². The summed E-state index contributed by atoms with van der Waals surface area (Å²) in [5.41, 5.74) is 3.71. The van der Waals surface area contributed by atoms with Gasteiger partial charge in [-0.25, -0.2) is 0 Å². The zero-order valence-electron chi connectivity index (χ0n) is 16.5. The highest BCUT2D eigenvalue weighted by atomic mass is 16.5. The fourth-order valence-corrected chi connectivity index (χ4v) is 3.91. The largest absolute Gasteiger partial charge is 0.370 e. The SMILES string of the molecule is O=C(NCC1OCCc2cn(Cc3ccccc3)nc21)c1nccc2ccccc12. The lowest BCUT2D eigenvalue weighted by atomic mass is 10.1. The number of pyridine rings is 1. The van der Waals surface area contributed by atoms with E-state index in [0.717, 1.165) is 22.9 Å². The van der Waals surface area contributed by atoms with Gasteiger partial charge in [0.05, 0.1) is 18.8 Å². The van der Waals surface area contributed by atoms with Crippen molar-refractivity contribution in [3.05, 3.63) is 95.6 Å². The van der Waals surface area contributed by atoms with Crippen LogP contribution in [0.1, 0.15) is 33.4 Å². The van der Waals surface area contributed by atoms with Crippen molar-refractivity contribution in [3.63, 3.8) is 0 Å². The summed E-state index contributed by atoms with van der Waals surface area (Å²) >= 11 is 0. The number of fused-ring (bicyclic) bond motifs is 2. The Bertz CT molecular complexity index is 1180. The van der Waals surface area contributed by atoms with Gasteiger partial charge in [-0.2, -0.15) is 5.10 Å². The third kappa shape index (κ3) is 3.69. The van der Waals surface area contributed by atoms with Crippen LogP contribution in [0.5, 0.6) is 0 Å². The summed E-state index contributed by atoms with van der Waals surface area (Å²) in [5.74, 6) is -0.203. The Morgan fingerprint density at radius 1 is 1.10 bits per heavy atom. The number of aromatic nitrogens is 3. The molecule has 4 aromatic rings. The molecule has 0 spiro atoms. The molecule has 30 heavy (non-hydrogen) atoms. The Balaban J connectivity index is 1.31. The van der Waals surface area contributed by atoms with Crippen LogP contribution < -0.4 is 5.32 Å². The van der Waals surface area contributed by atoms with Gasteiger partial charge < -0.3 is 10.1 Å². The van der Waals surface area contributed by atoms with E-state index in [0.29, 0.717) is 25.4 Å². The van der Waals surface area contributed by atoms with Crippen LogP contribution in [0.2, 0.25) is 0 Å². The Hall–Kier alpha value is -3.51. The van der Waals surface area contributed by atoms with Crippen LogP contribution in [0.3, 0.4) is 0 Å². The number of ether oxygens (including phenoxy) is 1. The average Bonchev–Trinajstić information content (AvgIpc) is 3.20. The van der Waals surface area contributed by atoms with Gasteiger partial charge in [-0.05, 0) is 29.0 Å². The molecule has 150 valence electrons. The van der Waals surface area contributed by atoms with Gasteiger partial charge in [-0.1, -0.05) is 54.6 Å². The highest BCUT2D eigenvalue weighted by Crippen LogP contribution is 2.26. The molecule has 1 aliphatic rings.